The molecule has 1 atom stereocenters. The van der Waals surface area contributed by atoms with Gasteiger partial charge in [0.05, 0.1) is 30.7 Å². The molecule has 4 aromatic rings. The molecule has 2 aliphatic heterocycles. The second-order valence-electron chi connectivity index (χ2n) is 11.1. The van der Waals surface area contributed by atoms with Gasteiger partial charge < -0.3 is 24.6 Å². The van der Waals surface area contributed by atoms with Crippen molar-refractivity contribution in [2.24, 2.45) is 0 Å². The van der Waals surface area contributed by atoms with Gasteiger partial charge >= 0.3 is 0 Å². The summed E-state index contributed by atoms with van der Waals surface area (Å²) >= 11 is 12.8. The lowest BCUT2D eigenvalue weighted by atomic mass is 9.86. The zero-order chi connectivity index (χ0) is 30.8. The van der Waals surface area contributed by atoms with Crippen LogP contribution in [0.15, 0.2) is 54.6 Å². The molecule has 0 bridgehead atoms. The van der Waals surface area contributed by atoms with Crippen LogP contribution in [0.25, 0.3) is 11.4 Å². The fourth-order valence-corrected chi connectivity index (χ4v) is 6.55. The Morgan fingerprint density at radius 3 is 2.49 bits per heavy atom. The summed E-state index contributed by atoms with van der Waals surface area (Å²) in [5, 5.41) is 13.3. The lowest BCUT2D eigenvalue weighted by Gasteiger charge is -2.36. The van der Waals surface area contributed by atoms with E-state index in [2.05, 4.69) is 5.32 Å². The molecule has 43 heavy (non-hydrogen) atoms. The van der Waals surface area contributed by atoms with Gasteiger partial charge in [-0.05, 0) is 62.7 Å². The number of hydrogen-bond donors (Lipinski definition) is 2. The highest BCUT2D eigenvalue weighted by atomic mass is 35.5. The molecule has 0 saturated carbocycles. The van der Waals surface area contributed by atoms with E-state index in [1.165, 1.54) is 4.90 Å². The number of fused-ring (bicyclic) bond motifs is 4. The number of rotatable bonds is 7. The summed E-state index contributed by atoms with van der Waals surface area (Å²) in [6.45, 7) is 6.31. The molecular weight excluding hydrogens is 589 g/mol. The molecule has 3 aromatic carbocycles. The minimum atomic E-state index is -1.58. The van der Waals surface area contributed by atoms with Crippen LogP contribution in [0.2, 0.25) is 10.0 Å². The van der Waals surface area contributed by atoms with Gasteiger partial charge in [0.2, 0.25) is 0 Å². The van der Waals surface area contributed by atoms with Crippen LogP contribution in [0.4, 0.5) is 17.1 Å². The van der Waals surface area contributed by atoms with Crippen LogP contribution >= 0.6 is 23.2 Å². The number of nitrogens with zero attached hydrogens (tertiary/aromatic N) is 4. The molecule has 0 radical (unpaired) electrons. The standard InChI is InChI=1S/C32H31Cl2N5O4/c1-17(2)38-28-27(36-29(38)22-10-9-21(16-26(22)43-5)37(4)12-13-40)30(41)39(25-15-20(34)7-6-18(25)3)32(28)23-11-8-19(33)14-24(23)35-31(32)42/h6-11,14-17,40H,12-13H2,1-5H3,(H,35,42)/t32-/m1/s1. The third-order valence-electron chi connectivity index (χ3n) is 8.17. The van der Waals surface area contributed by atoms with Crippen molar-refractivity contribution in [3.63, 3.8) is 0 Å². The highest BCUT2D eigenvalue weighted by molar-refractivity contribution is 6.32. The van der Waals surface area contributed by atoms with Crippen LogP contribution in [-0.4, -0.2) is 53.8 Å². The normalized spacial score (nSPS) is 17.1. The highest BCUT2D eigenvalue weighted by Crippen LogP contribution is 2.55. The first-order valence-electron chi connectivity index (χ1n) is 13.9. The number of hydrogen-bond acceptors (Lipinski definition) is 6. The van der Waals surface area contributed by atoms with Crippen LogP contribution in [0.1, 0.15) is 47.2 Å². The van der Waals surface area contributed by atoms with Crippen molar-refractivity contribution in [2.45, 2.75) is 32.4 Å². The molecule has 9 nitrogen and oxygen atoms in total. The van der Waals surface area contributed by atoms with Crippen LogP contribution in [0, 0.1) is 6.92 Å². The lowest BCUT2D eigenvalue weighted by Crippen LogP contribution is -2.51. The Labute approximate surface area is 259 Å². The van der Waals surface area contributed by atoms with Gasteiger partial charge in [0.1, 0.15) is 11.6 Å². The number of anilines is 3. The van der Waals surface area contributed by atoms with E-state index in [1.54, 1.807) is 37.4 Å². The number of carbonyl (C=O) groups excluding carboxylic acids is 2. The monoisotopic (exact) mass is 619 g/mol. The molecule has 0 aliphatic carbocycles. The number of aryl methyl sites for hydroxylation is 1. The number of aromatic nitrogens is 2. The number of methoxy groups -OCH3 is 1. The number of amides is 2. The third-order valence-corrected chi connectivity index (χ3v) is 8.64. The van der Waals surface area contributed by atoms with Crippen LogP contribution < -0.4 is 19.9 Å². The van der Waals surface area contributed by atoms with Gasteiger partial charge in [-0.3, -0.25) is 14.5 Å². The topological polar surface area (TPSA) is 99.9 Å². The fraction of sp³-hybridized carbons (Fsp3) is 0.281. The Morgan fingerprint density at radius 2 is 1.79 bits per heavy atom. The number of aliphatic hydroxyl groups is 1. The van der Waals surface area contributed by atoms with E-state index in [4.69, 9.17) is 32.9 Å². The van der Waals surface area contributed by atoms with Crippen molar-refractivity contribution >= 4 is 52.1 Å². The molecular formula is C32H31Cl2N5O4. The Morgan fingerprint density at radius 1 is 1.07 bits per heavy atom. The summed E-state index contributed by atoms with van der Waals surface area (Å²) in [5.41, 5.74) is 2.97. The van der Waals surface area contributed by atoms with E-state index in [1.807, 2.05) is 61.6 Å². The van der Waals surface area contributed by atoms with Crippen molar-refractivity contribution in [3.05, 3.63) is 87.2 Å². The molecule has 1 aromatic heterocycles. The molecule has 6 rings (SSSR count). The largest absolute Gasteiger partial charge is 0.496 e. The second-order valence-corrected chi connectivity index (χ2v) is 11.9. The van der Waals surface area contributed by atoms with Gasteiger partial charge in [-0.1, -0.05) is 35.3 Å². The van der Waals surface area contributed by atoms with Gasteiger partial charge in [0, 0.05) is 52.7 Å². The van der Waals surface area contributed by atoms with Crippen LogP contribution in [0.3, 0.4) is 0 Å². The summed E-state index contributed by atoms with van der Waals surface area (Å²) in [5.74, 6) is 0.230. The Bertz CT molecular complexity index is 1800. The first kappa shape index (κ1) is 29.0. The number of halogens is 2. The number of aliphatic hydroxyl groups excluding tert-OH is 1. The Kier molecular flexibility index (Phi) is 7.15. The van der Waals surface area contributed by atoms with Crippen molar-refractivity contribution in [1.29, 1.82) is 0 Å². The van der Waals surface area contributed by atoms with Gasteiger partial charge in [0.25, 0.3) is 11.8 Å². The zero-order valence-electron chi connectivity index (χ0n) is 24.4. The van der Waals surface area contributed by atoms with E-state index in [-0.39, 0.29) is 18.3 Å². The summed E-state index contributed by atoms with van der Waals surface area (Å²) in [7, 11) is 3.46. The molecule has 2 aliphatic rings. The molecule has 0 fully saturated rings. The summed E-state index contributed by atoms with van der Waals surface area (Å²) < 4.78 is 7.76. The van der Waals surface area contributed by atoms with Gasteiger partial charge in [-0.15, -0.1) is 0 Å². The number of likely N-dealkylation sites (N-methyl/N-ethyl adjacent to an activating group) is 1. The number of imidazole rings is 1. The summed E-state index contributed by atoms with van der Waals surface area (Å²) in [6, 6.07) is 15.9. The van der Waals surface area contributed by atoms with Crippen molar-refractivity contribution in [2.75, 3.05) is 42.4 Å². The maximum Gasteiger partial charge on any atom is 0.280 e. The smallest absolute Gasteiger partial charge is 0.280 e. The van der Waals surface area contributed by atoms with Crippen LogP contribution in [0.5, 0.6) is 5.75 Å². The van der Waals surface area contributed by atoms with Gasteiger partial charge in [-0.2, -0.15) is 0 Å². The molecule has 222 valence electrons. The number of benzene rings is 3. The fourth-order valence-electron chi connectivity index (χ4n) is 6.21. The molecule has 0 saturated heterocycles. The highest BCUT2D eigenvalue weighted by Gasteiger charge is 2.64. The van der Waals surface area contributed by atoms with E-state index < -0.39 is 17.4 Å². The quantitative estimate of drug-likeness (QED) is 0.262. The average molecular weight is 621 g/mol. The van der Waals surface area contributed by atoms with Crippen molar-refractivity contribution in [3.8, 4) is 17.1 Å². The first-order valence-corrected chi connectivity index (χ1v) is 14.7. The third kappa shape index (κ3) is 4.21. The second kappa shape index (κ2) is 10.6. The molecule has 11 heteroatoms. The molecule has 0 unspecified atom stereocenters. The van der Waals surface area contributed by atoms with E-state index in [9.17, 15) is 14.7 Å². The SMILES string of the molecule is COc1cc(N(C)CCO)ccc1-c1nc2c(n1C(C)C)[C@]1(C(=O)Nc3cc(Cl)ccc31)N(c1cc(Cl)ccc1C)C2=O. The summed E-state index contributed by atoms with van der Waals surface area (Å²) in [4.78, 5) is 37.4. The number of ether oxygens (including phenoxy) is 1. The van der Waals surface area contributed by atoms with E-state index >= 15 is 0 Å². The zero-order valence-corrected chi connectivity index (χ0v) is 25.9. The van der Waals surface area contributed by atoms with Crippen LogP contribution in [-0.2, 0) is 10.3 Å². The van der Waals surface area contributed by atoms with E-state index in [0.717, 1.165) is 11.3 Å². The first-order chi connectivity index (χ1) is 20.5. The van der Waals surface area contributed by atoms with Gasteiger partial charge in [0.15, 0.2) is 11.2 Å². The van der Waals surface area contributed by atoms with Gasteiger partial charge in [-0.25, -0.2) is 4.98 Å². The number of carbonyl (C=O) groups is 2. The molecule has 2 amide bonds. The molecule has 1 spiro atoms. The average Bonchev–Trinajstić information content (AvgIpc) is 3.58. The maximum atomic E-state index is 14.6. The molecule has 3 heterocycles. The lowest BCUT2D eigenvalue weighted by molar-refractivity contribution is -0.119. The predicted molar refractivity (Wildman–Crippen MR) is 169 cm³/mol. The Hall–Kier alpha value is -4.05. The van der Waals surface area contributed by atoms with E-state index in [0.29, 0.717) is 56.4 Å². The number of nitrogens with one attached hydrogen (secondary N) is 1. The van der Waals surface area contributed by atoms with Crippen molar-refractivity contribution in [1.82, 2.24) is 9.55 Å². The Balaban J connectivity index is 1.67. The predicted octanol–water partition coefficient (Wildman–Crippen LogP) is 6.04. The minimum absolute atomic E-state index is 0.00654. The molecule has 2 N–H and O–H groups in total. The maximum absolute atomic E-state index is 14.6. The minimum Gasteiger partial charge on any atom is -0.496 e. The van der Waals surface area contributed by atoms with Crippen molar-refractivity contribution < 1.29 is 19.4 Å². The summed E-state index contributed by atoms with van der Waals surface area (Å²) in [6.07, 6.45) is 0.